The molecule has 0 aliphatic heterocycles. The van der Waals surface area contributed by atoms with Crippen LogP contribution >= 0.6 is 11.3 Å². The van der Waals surface area contributed by atoms with Crippen LogP contribution in [0.15, 0.2) is 58.3 Å². The Morgan fingerprint density at radius 1 is 1.16 bits per heavy atom. The Balaban J connectivity index is 1.58. The number of halogens is 1. The van der Waals surface area contributed by atoms with Crippen LogP contribution in [0.1, 0.15) is 16.1 Å². The number of fused-ring (bicyclic) bond motifs is 1. The van der Waals surface area contributed by atoms with Crippen LogP contribution in [0.2, 0.25) is 0 Å². The van der Waals surface area contributed by atoms with Gasteiger partial charge >= 0.3 is 0 Å². The maximum absolute atomic E-state index is 13.0. The van der Waals surface area contributed by atoms with Gasteiger partial charge in [-0.15, -0.1) is 11.3 Å². The molecule has 2 aromatic heterocycles. The molecule has 2 heterocycles. The Morgan fingerprint density at radius 2 is 1.92 bits per heavy atom. The highest BCUT2D eigenvalue weighted by molar-refractivity contribution is 7.14. The first-order valence-electron chi connectivity index (χ1n) is 7.63. The summed E-state index contributed by atoms with van der Waals surface area (Å²) < 4.78 is 18.7. The second-order valence-electron chi connectivity index (χ2n) is 5.55. The van der Waals surface area contributed by atoms with E-state index in [2.05, 4.69) is 10.3 Å². The summed E-state index contributed by atoms with van der Waals surface area (Å²) in [6.45, 7) is 1.85. The lowest BCUT2D eigenvalue weighted by molar-refractivity contribution is 0.0998. The Bertz CT molecular complexity index is 1070. The molecule has 0 unspecified atom stereocenters. The molecule has 0 atom stereocenters. The van der Waals surface area contributed by atoms with E-state index in [1.807, 2.05) is 36.6 Å². The third-order valence-electron chi connectivity index (χ3n) is 3.91. The number of hydrogen-bond donors (Lipinski definition) is 1. The van der Waals surface area contributed by atoms with E-state index in [-0.39, 0.29) is 17.5 Å². The predicted octanol–water partition coefficient (Wildman–Crippen LogP) is 5.26. The quantitative estimate of drug-likeness (QED) is 0.547. The van der Waals surface area contributed by atoms with Crippen molar-refractivity contribution in [1.29, 1.82) is 0 Å². The minimum absolute atomic E-state index is 0.278. The molecule has 0 saturated heterocycles. The van der Waals surface area contributed by atoms with Crippen molar-refractivity contribution in [2.75, 3.05) is 5.32 Å². The Morgan fingerprint density at radius 3 is 2.68 bits per heavy atom. The third kappa shape index (κ3) is 2.92. The second kappa shape index (κ2) is 6.14. The summed E-state index contributed by atoms with van der Waals surface area (Å²) >= 11 is 1.31. The molecule has 0 spiro atoms. The first-order valence-corrected chi connectivity index (χ1v) is 8.51. The molecular formula is C19H13FN2O2S. The van der Waals surface area contributed by atoms with Gasteiger partial charge in [0.1, 0.15) is 11.4 Å². The number of aryl methyl sites for hydroxylation is 1. The van der Waals surface area contributed by atoms with E-state index in [1.54, 1.807) is 12.1 Å². The number of para-hydroxylation sites is 1. The van der Waals surface area contributed by atoms with Crippen LogP contribution < -0.4 is 5.32 Å². The van der Waals surface area contributed by atoms with Crippen molar-refractivity contribution in [2.45, 2.75) is 6.92 Å². The van der Waals surface area contributed by atoms with Gasteiger partial charge in [-0.1, -0.05) is 18.2 Å². The zero-order valence-corrected chi connectivity index (χ0v) is 14.1. The molecule has 0 bridgehead atoms. The maximum atomic E-state index is 13.0. The molecule has 124 valence electrons. The average Bonchev–Trinajstić information content (AvgIpc) is 3.21. The zero-order chi connectivity index (χ0) is 17.4. The predicted molar refractivity (Wildman–Crippen MR) is 96.4 cm³/mol. The molecule has 4 nitrogen and oxygen atoms in total. The number of furan rings is 1. The number of nitrogens with zero attached hydrogens (tertiary/aromatic N) is 1. The highest BCUT2D eigenvalue weighted by Gasteiger charge is 2.18. The number of hydrogen-bond acceptors (Lipinski definition) is 4. The van der Waals surface area contributed by atoms with E-state index >= 15 is 0 Å². The molecule has 6 heteroatoms. The van der Waals surface area contributed by atoms with Crippen molar-refractivity contribution in [2.24, 2.45) is 0 Å². The molecule has 1 amide bonds. The molecule has 0 radical (unpaired) electrons. The van der Waals surface area contributed by atoms with Gasteiger partial charge in [-0.05, 0) is 37.3 Å². The van der Waals surface area contributed by atoms with Crippen LogP contribution in [-0.2, 0) is 0 Å². The number of aromatic nitrogens is 1. The van der Waals surface area contributed by atoms with Gasteiger partial charge in [0.2, 0.25) is 0 Å². The Labute approximate surface area is 146 Å². The molecule has 0 aliphatic rings. The minimum atomic E-state index is -0.339. The van der Waals surface area contributed by atoms with Crippen LogP contribution in [0.25, 0.3) is 22.2 Å². The smallest absolute Gasteiger partial charge is 0.293 e. The van der Waals surface area contributed by atoms with Crippen molar-refractivity contribution in [1.82, 2.24) is 4.98 Å². The van der Waals surface area contributed by atoms with E-state index in [1.165, 1.54) is 23.5 Å². The SMILES string of the molecule is Cc1c(C(=O)Nc2nc(-c3ccc(F)cc3)cs2)oc2ccccc12. The number of anilines is 1. The van der Waals surface area contributed by atoms with Crippen molar-refractivity contribution in [3.05, 3.63) is 71.1 Å². The van der Waals surface area contributed by atoms with Gasteiger partial charge < -0.3 is 4.42 Å². The van der Waals surface area contributed by atoms with E-state index in [4.69, 9.17) is 4.42 Å². The number of carbonyl (C=O) groups excluding carboxylic acids is 1. The third-order valence-corrected chi connectivity index (χ3v) is 4.67. The summed E-state index contributed by atoms with van der Waals surface area (Å²) in [5.41, 5.74) is 2.94. The molecule has 4 rings (SSSR count). The van der Waals surface area contributed by atoms with Gasteiger partial charge in [-0.2, -0.15) is 0 Å². The number of thiazole rings is 1. The number of benzene rings is 2. The highest BCUT2D eigenvalue weighted by Crippen LogP contribution is 2.28. The summed E-state index contributed by atoms with van der Waals surface area (Å²) in [7, 11) is 0. The van der Waals surface area contributed by atoms with Gasteiger partial charge in [-0.25, -0.2) is 9.37 Å². The molecule has 4 aromatic rings. The van der Waals surface area contributed by atoms with E-state index in [9.17, 15) is 9.18 Å². The normalized spacial score (nSPS) is 11.0. The zero-order valence-electron chi connectivity index (χ0n) is 13.2. The summed E-state index contributed by atoms with van der Waals surface area (Å²) in [5.74, 6) is -0.360. The summed E-state index contributed by atoms with van der Waals surface area (Å²) in [6.07, 6.45) is 0. The van der Waals surface area contributed by atoms with E-state index in [0.29, 0.717) is 16.4 Å². The highest BCUT2D eigenvalue weighted by atomic mass is 32.1. The number of carbonyl (C=O) groups is 1. The van der Waals surface area contributed by atoms with Crippen LogP contribution in [0, 0.1) is 12.7 Å². The molecule has 25 heavy (non-hydrogen) atoms. The van der Waals surface area contributed by atoms with Crippen molar-refractivity contribution in [3.8, 4) is 11.3 Å². The standard InChI is InChI=1S/C19H13FN2O2S/c1-11-14-4-2-3-5-16(14)24-17(11)18(23)22-19-21-15(10-25-19)12-6-8-13(20)9-7-12/h2-10H,1H3,(H,21,22,23). The average molecular weight is 352 g/mol. The Hall–Kier alpha value is -2.99. The summed E-state index contributed by atoms with van der Waals surface area (Å²) in [4.78, 5) is 16.9. The maximum Gasteiger partial charge on any atom is 0.293 e. The molecule has 0 aliphatic carbocycles. The van der Waals surface area contributed by atoms with Gasteiger partial charge in [0.05, 0.1) is 5.69 Å². The molecule has 2 aromatic carbocycles. The van der Waals surface area contributed by atoms with Crippen molar-refractivity contribution < 1.29 is 13.6 Å². The fourth-order valence-corrected chi connectivity index (χ4v) is 3.34. The van der Waals surface area contributed by atoms with E-state index in [0.717, 1.165) is 16.5 Å². The van der Waals surface area contributed by atoms with Crippen LogP contribution in [0.4, 0.5) is 9.52 Å². The largest absolute Gasteiger partial charge is 0.451 e. The lowest BCUT2D eigenvalue weighted by atomic mass is 10.1. The van der Waals surface area contributed by atoms with Crippen molar-refractivity contribution in [3.63, 3.8) is 0 Å². The molecule has 0 fully saturated rings. The van der Waals surface area contributed by atoms with E-state index < -0.39 is 0 Å². The molecular weight excluding hydrogens is 339 g/mol. The fraction of sp³-hybridized carbons (Fsp3) is 0.0526. The molecule has 0 saturated carbocycles. The number of amides is 1. The number of rotatable bonds is 3. The van der Waals surface area contributed by atoms with Gasteiger partial charge in [-0.3, -0.25) is 10.1 Å². The topological polar surface area (TPSA) is 55.1 Å². The summed E-state index contributed by atoms with van der Waals surface area (Å²) in [5, 5.41) is 5.95. The first kappa shape index (κ1) is 15.5. The van der Waals surface area contributed by atoms with Gasteiger partial charge in [0.15, 0.2) is 10.9 Å². The first-order chi connectivity index (χ1) is 12.1. The molecule has 1 N–H and O–H groups in total. The van der Waals surface area contributed by atoms with Crippen LogP contribution in [0.3, 0.4) is 0 Å². The monoisotopic (exact) mass is 352 g/mol. The van der Waals surface area contributed by atoms with Gasteiger partial charge in [0, 0.05) is 21.9 Å². The van der Waals surface area contributed by atoms with Crippen LogP contribution in [-0.4, -0.2) is 10.9 Å². The summed E-state index contributed by atoms with van der Waals surface area (Å²) in [6, 6.07) is 13.6. The number of nitrogens with one attached hydrogen (secondary N) is 1. The lowest BCUT2D eigenvalue weighted by Crippen LogP contribution is -2.11. The van der Waals surface area contributed by atoms with Gasteiger partial charge in [0.25, 0.3) is 5.91 Å². The van der Waals surface area contributed by atoms with Crippen LogP contribution in [0.5, 0.6) is 0 Å². The Kier molecular flexibility index (Phi) is 3.82. The lowest BCUT2D eigenvalue weighted by Gasteiger charge is -1.99. The minimum Gasteiger partial charge on any atom is -0.451 e. The van der Waals surface area contributed by atoms with Crippen molar-refractivity contribution >= 4 is 33.3 Å². The fourth-order valence-electron chi connectivity index (χ4n) is 2.63. The second-order valence-corrected chi connectivity index (χ2v) is 6.41.